The first-order valence-electron chi connectivity index (χ1n) is 6.55. The molecule has 1 aliphatic rings. The Kier molecular flexibility index (Phi) is 4.69. The van der Waals surface area contributed by atoms with Crippen molar-refractivity contribution in [2.75, 3.05) is 0 Å². The van der Waals surface area contributed by atoms with Crippen molar-refractivity contribution in [2.24, 2.45) is 0 Å². The first-order valence-corrected chi connectivity index (χ1v) is 7.76. The average molecular weight is 283 g/mol. The van der Waals surface area contributed by atoms with Crippen molar-refractivity contribution in [3.05, 3.63) is 30.1 Å². The lowest BCUT2D eigenvalue weighted by Crippen LogP contribution is -2.40. The van der Waals surface area contributed by atoms with Crippen LogP contribution in [0.3, 0.4) is 0 Å². The van der Waals surface area contributed by atoms with E-state index in [9.17, 15) is 13.4 Å². The summed E-state index contributed by atoms with van der Waals surface area (Å²) in [6.45, 7) is 1.58. The Morgan fingerprint density at radius 1 is 1.37 bits per heavy atom. The lowest BCUT2D eigenvalue weighted by molar-refractivity contribution is -0.121. The Hall–Kier alpha value is -1.23. The second kappa shape index (κ2) is 6.28. The van der Waals surface area contributed by atoms with Crippen molar-refractivity contribution < 1.29 is 13.4 Å². The number of halogens is 1. The Labute approximate surface area is 115 Å². The lowest BCUT2D eigenvalue weighted by Gasteiger charge is -2.16. The Bertz CT molecular complexity index is 486. The first kappa shape index (κ1) is 14.2. The number of amides is 1. The third-order valence-electron chi connectivity index (χ3n) is 3.45. The molecule has 0 radical (unpaired) electrons. The standard InChI is InChI=1S/C14H18FNO2S/c1-10(14(17)16-11-6-2-3-7-11)19(18)13-9-5-4-8-12(13)15/h4-5,8-11H,2-3,6-7H2,1H3,(H,16,17). The fraction of sp³-hybridized carbons (Fsp3) is 0.500. The monoisotopic (exact) mass is 283 g/mol. The van der Waals surface area contributed by atoms with Crippen molar-refractivity contribution >= 4 is 16.7 Å². The van der Waals surface area contributed by atoms with Gasteiger partial charge in [-0.05, 0) is 31.9 Å². The second-order valence-electron chi connectivity index (χ2n) is 4.86. The third-order valence-corrected chi connectivity index (χ3v) is 5.07. The van der Waals surface area contributed by atoms with Gasteiger partial charge in [-0.2, -0.15) is 0 Å². The SMILES string of the molecule is CC(C(=O)NC1CCCC1)S(=O)c1ccccc1F. The lowest BCUT2D eigenvalue weighted by atomic mass is 10.2. The van der Waals surface area contributed by atoms with Crippen LogP contribution >= 0.6 is 0 Å². The highest BCUT2D eigenvalue weighted by Crippen LogP contribution is 2.19. The van der Waals surface area contributed by atoms with Gasteiger partial charge in [-0.3, -0.25) is 9.00 Å². The molecule has 1 saturated carbocycles. The summed E-state index contributed by atoms with van der Waals surface area (Å²) in [5.74, 6) is -0.783. The van der Waals surface area contributed by atoms with Crippen molar-refractivity contribution in [1.29, 1.82) is 0 Å². The number of rotatable bonds is 4. The molecule has 19 heavy (non-hydrogen) atoms. The molecule has 0 aromatic heterocycles. The minimum atomic E-state index is -1.66. The van der Waals surface area contributed by atoms with Crippen LogP contribution in [-0.2, 0) is 15.6 Å². The summed E-state index contributed by atoms with van der Waals surface area (Å²) < 4.78 is 25.7. The fourth-order valence-electron chi connectivity index (χ4n) is 2.28. The molecule has 3 nitrogen and oxygen atoms in total. The van der Waals surface area contributed by atoms with Crippen LogP contribution in [0.5, 0.6) is 0 Å². The molecule has 0 spiro atoms. The molecule has 0 aliphatic heterocycles. The molecule has 2 atom stereocenters. The van der Waals surface area contributed by atoms with Crippen LogP contribution in [0.25, 0.3) is 0 Å². The molecule has 2 rings (SSSR count). The van der Waals surface area contributed by atoms with Gasteiger partial charge in [0.05, 0.1) is 15.7 Å². The van der Waals surface area contributed by atoms with Gasteiger partial charge in [-0.15, -0.1) is 0 Å². The second-order valence-corrected chi connectivity index (χ2v) is 6.60. The maximum atomic E-state index is 13.5. The van der Waals surface area contributed by atoms with E-state index in [1.165, 1.54) is 12.1 Å². The van der Waals surface area contributed by atoms with Gasteiger partial charge in [0.1, 0.15) is 11.1 Å². The molecular weight excluding hydrogens is 265 g/mol. The van der Waals surface area contributed by atoms with E-state index in [1.807, 2.05) is 0 Å². The van der Waals surface area contributed by atoms with Crippen molar-refractivity contribution in [3.63, 3.8) is 0 Å². The van der Waals surface area contributed by atoms with Crippen molar-refractivity contribution in [1.82, 2.24) is 5.32 Å². The predicted molar refractivity (Wildman–Crippen MR) is 72.7 cm³/mol. The highest BCUT2D eigenvalue weighted by Gasteiger charge is 2.26. The largest absolute Gasteiger partial charge is 0.352 e. The molecule has 2 unspecified atom stereocenters. The summed E-state index contributed by atoms with van der Waals surface area (Å²) in [4.78, 5) is 12.1. The van der Waals surface area contributed by atoms with E-state index < -0.39 is 21.9 Å². The Balaban J connectivity index is 2.02. The van der Waals surface area contributed by atoms with Crippen LogP contribution in [0.15, 0.2) is 29.2 Å². The van der Waals surface area contributed by atoms with Crippen molar-refractivity contribution in [2.45, 2.75) is 48.8 Å². The van der Waals surface area contributed by atoms with Gasteiger partial charge in [0.25, 0.3) is 0 Å². The number of hydrogen-bond donors (Lipinski definition) is 1. The molecule has 0 bridgehead atoms. The molecule has 5 heteroatoms. The molecule has 1 aromatic carbocycles. The highest BCUT2D eigenvalue weighted by atomic mass is 32.2. The summed E-state index contributed by atoms with van der Waals surface area (Å²) >= 11 is 0. The molecule has 104 valence electrons. The van der Waals surface area contributed by atoms with Crippen LogP contribution in [0.4, 0.5) is 4.39 Å². The molecule has 1 amide bonds. The van der Waals surface area contributed by atoms with E-state index in [0.29, 0.717) is 0 Å². The zero-order valence-electron chi connectivity index (χ0n) is 10.9. The van der Waals surface area contributed by atoms with Gasteiger partial charge in [0.15, 0.2) is 0 Å². The zero-order chi connectivity index (χ0) is 13.8. The summed E-state index contributed by atoms with van der Waals surface area (Å²) in [6.07, 6.45) is 4.20. The van der Waals surface area contributed by atoms with E-state index >= 15 is 0 Å². The van der Waals surface area contributed by atoms with Crippen LogP contribution in [0.1, 0.15) is 32.6 Å². The minimum absolute atomic E-state index is 0.0940. The van der Waals surface area contributed by atoms with Gasteiger partial charge in [-0.1, -0.05) is 25.0 Å². The quantitative estimate of drug-likeness (QED) is 0.922. The average Bonchev–Trinajstić information content (AvgIpc) is 2.90. The zero-order valence-corrected chi connectivity index (χ0v) is 11.7. The third kappa shape index (κ3) is 3.41. The van der Waals surface area contributed by atoms with Gasteiger partial charge in [0, 0.05) is 6.04 Å². The van der Waals surface area contributed by atoms with Gasteiger partial charge in [0.2, 0.25) is 5.91 Å². The van der Waals surface area contributed by atoms with E-state index in [-0.39, 0.29) is 16.8 Å². The van der Waals surface area contributed by atoms with E-state index in [4.69, 9.17) is 0 Å². The summed E-state index contributed by atoms with van der Waals surface area (Å²) in [6, 6.07) is 6.07. The molecule has 1 aliphatic carbocycles. The summed E-state index contributed by atoms with van der Waals surface area (Å²) in [5.41, 5.74) is 0. The van der Waals surface area contributed by atoms with Gasteiger partial charge in [-0.25, -0.2) is 4.39 Å². The van der Waals surface area contributed by atoms with E-state index in [0.717, 1.165) is 25.7 Å². The summed E-state index contributed by atoms with van der Waals surface area (Å²) in [7, 11) is -1.66. The molecular formula is C14H18FNO2S. The van der Waals surface area contributed by atoms with Crippen LogP contribution < -0.4 is 5.32 Å². The maximum absolute atomic E-state index is 13.5. The number of carbonyl (C=O) groups is 1. The molecule has 1 N–H and O–H groups in total. The number of nitrogens with one attached hydrogen (secondary N) is 1. The minimum Gasteiger partial charge on any atom is -0.352 e. The molecule has 1 fully saturated rings. The van der Waals surface area contributed by atoms with E-state index in [1.54, 1.807) is 19.1 Å². The molecule has 1 aromatic rings. The number of carbonyl (C=O) groups excluding carboxylic acids is 1. The van der Waals surface area contributed by atoms with E-state index in [2.05, 4.69) is 5.32 Å². The smallest absolute Gasteiger partial charge is 0.236 e. The first-order chi connectivity index (χ1) is 9.09. The maximum Gasteiger partial charge on any atom is 0.236 e. The highest BCUT2D eigenvalue weighted by molar-refractivity contribution is 7.86. The normalized spacial score (nSPS) is 19.1. The van der Waals surface area contributed by atoms with Crippen LogP contribution in [0, 0.1) is 5.82 Å². The van der Waals surface area contributed by atoms with Gasteiger partial charge < -0.3 is 5.32 Å². The number of hydrogen-bond acceptors (Lipinski definition) is 2. The van der Waals surface area contributed by atoms with Crippen LogP contribution in [-0.4, -0.2) is 21.4 Å². The van der Waals surface area contributed by atoms with Crippen molar-refractivity contribution in [3.8, 4) is 0 Å². The summed E-state index contributed by atoms with van der Waals surface area (Å²) in [5, 5.41) is 2.16. The fourth-order valence-corrected chi connectivity index (χ4v) is 3.40. The Morgan fingerprint density at radius 2 is 2.00 bits per heavy atom. The predicted octanol–water partition coefficient (Wildman–Crippen LogP) is 2.38. The molecule has 0 saturated heterocycles. The van der Waals surface area contributed by atoms with Gasteiger partial charge >= 0.3 is 0 Å². The van der Waals surface area contributed by atoms with Crippen LogP contribution in [0.2, 0.25) is 0 Å². The Morgan fingerprint density at radius 3 is 2.63 bits per heavy atom. The molecule has 0 heterocycles. The topological polar surface area (TPSA) is 46.2 Å². The number of benzene rings is 1.